The van der Waals surface area contributed by atoms with Crippen molar-refractivity contribution in [1.29, 1.82) is 0 Å². The van der Waals surface area contributed by atoms with Crippen LogP contribution >= 0.6 is 0 Å². The molecular weight excluding hydrogens is 376 g/mol. The normalized spacial score (nSPS) is 11.7. The third-order valence-electron chi connectivity index (χ3n) is 4.20. The lowest BCUT2D eigenvalue weighted by Crippen LogP contribution is -2.26. The SMILES string of the molecule is CCOC(=O)[C@H](C)Oc1ccc2c(=O)c(Oc3ccccc3OC)c(C)oc2c1. The molecule has 1 aromatic heterocycles. The smallest absolute Gasteiger partial charge is 0.347 e. The number of para-hydroxylation sites is 2. The predicted octanol–water partition coefficient (Wildman–Crippen LogP) is 4.23. The zero-order chi connectivity index (χ0) is 21.0. The molecule has 0 saturated heterocycles. The van der Waals surface area contributed by atoms with E-state index in [0.29, 0.717) is 34.0 Å². The standard InChI is InChI=1S/C22H22O7/c1-5-26-22(24)14(3)27-15-10-11-16-19(12-15)28-13(2)21(20(16)23)29-18-9-7-6-8-17(18)25-4/h6-12,14H,5H2,1-4H3/t14-/m0/s1. The van der Waals surface area contributed by atoms with Gasteiger partial charge in [0.15, 0.2) is 17.6 Å². The molecule has 0 N–H and O–H groups in total. The van der Waals surface area contributed by atoms with Gasteiger partial charge in [0.05, 0.1) is 19.1 Å². The van der Waals surface area contributed by atoms with Crippen LogP contribution < -0.4 is 19.6 Å². The number of methoxy groups -OCH3 is 1. The predicted molar refractivity (Wildman–Crippen MR) is 107 cm³/mol. The minimum atomic E-state index is -0.784. The molecule has 0 amide bonds. The summed E-state index contributed by atoms with van der Waals surface area (Å²) in [6.07, 6.45) is -0.784. The lowest BCUT2D eigenvalue weighted by molar-refractivity contribution is -0.150. The first-order chi connectivity index (χ1) is 13.9. The Kier molecular flexibility index (Phi) is 6.07. The summed E-state index contributed by atoms with van der Waals surface area (Å²) in [5.41, 5.74) is 0.00748. The molecule has 3 aromatic rings. The molecule has 29 heavy (non-hydrogen) atoms. The summed E-state index contributed by atoms with van der Waals surface area (Å²) in [7, 11) is 1.52. The molecule has 0 aliphatic rings. The Hall–Kier alpha value is -3.48. The van der Waals surface area contributed by atoms with Gasteiger partial charge in [0.25, 0.3) is 0 Å². The van der Waals surface area contributed by atoms with Gasteiger partial charge in [-0.15, -0.1) is 0 Å². The largest absolute Gasteiger partial charge is 0.493 e. The average Bonchev–Trinajstić information content (AvgIpc) is 2.71. The molecule has 1 heterocycles. The second-order valence-corrected chi connectivity index (χ2v) is 6.24. The highest BCUT2D eigenvalue weighted by Crippen LogP contribution is 2.32. The molecule has 152 valence electrons. The van der Waals surface area contributed by atoms with Crippen LogP contribution in [0.2, 0.25) is 0 Å². The van der Waals surface area contributed by atoms with Gasteiger partial charge in [-0.3, -0.25) is 4.79 Å². The third-order valence-corrected chi connectivity index (χ3v) is 4.20. The van der Waals surface area contributed by atoms with Gasteiger partial charge >= 0.3 is 5.97 Å². The van der Waals surface area contributed by atoms with Gasteiger partial charge in [-0.2, -0.15) is 0 Å². The lowest BCUT2D eigenvalue weighted by atomic mass is 10.2. The topological polar surface area (TPSA) is 84.2 Å². The first kappa shape index (κ1) is 20.3. The molecule has 0 bridgehead atoms. The van der Waals surface area contributed by atoms with Crippen LogP contribution in [-0.4, -0.2) is 25.8 Å². The zero-order valence-corrected chi connectivity index (χ0v) is 16.7. The van der Waals surface area contributed by atoms with Gasteiger partial charge in [0, 0.05) is 6.07 Å². The van der Waals surface area contributed by atoms with Crippen molar-refractivity contribution in [2.24, 2.45) is 0 Å². The summed E-state index contributed by atoms with van der Waals surface area (Å²) >= 11 is 0. The van der Waals surface area contributed by atoms with E-state index < -0.39 is 12.1 Å². The molecule has 3 rings (SSSR count). The van der Waals surface area contributed by atoms with Crippen LogP contribution in [0.5, 0.6) is 23.0 Å². The number of aryl methyl sites for hydroxylation is 1. The Morgan fingerprint density at radius 3 is 2.55 bits per heavy atom. The van der Waals surface area contributed by atoms with Crippen molar-refractivity contribution in [2.45, 2.75) is 26.9 Å². The van der Waals surface area contributed by atoms with Gasteiger partial charge in [0.1, 0.15) is 17.1 Å². The first-order valence-corrected chi connectivity index (χ1v) is 9.16. The molecule has 7 heteroatoms. The summed E-state index contributed by atoms with van der Waals surface area (Å²) in [5.74, 6) is 1.22. The number of ether oxygens (including phenoxy) is 4. The second kappa shape index (κ2) is 8.68. The molecule has 2 aromatic carbocycles. The molecule has 0 unspecified atom stereocenters. The maximum atomic E-state index is 12.9. The highest BCUT2D eigenvalue weighted by molar-refractivity contribution is 5.80. The fourth-order valence-corrected chi connectivity index (χ4v) is 2.78. The Balaban J connectivity index is 1.94. The molecule has 7 nitrogen and oxygen atoms in total. The number of rotatable bonds is 7. The lowest BCUT2D eigenvalue weighted by Gasteiger charge is -2.14. The number of fused-ring (bicyclic) bond motifs is 1. The Bertz CT molecular complexity index is 1080. The summed E-state index contributed by atoms with van der Waals surface area (Å²) in [6.45, 7) is 5.23. The number of hydrogen-bond donors (Lipinski definition) is 0. The molecule has 0 aliphatic heterocycles. The van der Waals surface area contributed by atoms with Crippen LogP contribution in [0.1, 0.15) is 19.6 Å². The van der Waals surface area contributed by atoms with Crippen molar-refractivity contribution in [3.05, 3.63) is 58.4 Å². The van der Waals surface area contributed by atoms with Gasteiger partial charge in [-0.25, -0.2) is 4.79 Å². The number of esters is 1. The second-order valence-electron chi connectivity index (χ2n) is 6.24. The molecular formula is C22H22O7. The molecule has 0 saturated carbocycles. The molecule has 0 aliphatic carbocycles. The van der Waals surface area contributed by atoms with Crippen LogP contribution in [0.25, 0.3) is 11.0 Å². The van der Waals surface area contributed by atoms with Gasteiger partial charge < -0.3 is 23.4 Å². The average molecular weight is 398 g/mol. The summed E-state index contributed by atoms with van der Waals surface area (Å²) in [6, 6.07) is 11.8. The molecule has 1 atom stereocenters. The summed E-state index contributed by atoms with van der Waals surface area (Å²) in [5, 5.41) is 0.330. The van der Waals surface area contributed by atoms with Crippen molar-refractivity contribution in [2.75, 3.05) is 13.7 Å². The Morgan fingerprint density at radius 2 is 1.86 bits per heavy atom. The van der Waals surface area contributed by atoms with Gasteiger partial charge in [-0.05, 0) is 45.0 Å². The van der Waals surface area contributed by atoms with E-state index in [1.54, 1.807) is 63.2 Å². The fraction of sp³-hybridized carbons (Fsp3) is 0.273. The van der Waals surface area contributed by atoms with Crippen molar-refractivity contribution in [3.63, 3.8) is 0 Å². The maximum Gasteiger partial charge on any atom is 0.347 e. The summed E-state index contributed by atoms with van der Waals surface area (Å²) < 4.78 is 27.4. The summed E-state index contributed by atoms with van der Waals surface area (Å²) in [4.78, 5) is 24.7. The van der Waals surface area contributed by atoms with E-state index in [9.17, 15) is 9.59 Å². The maximum absolute atomic E-state index is 12.9. The van der Waals surface area contributed by atoms with Crippen LogP contribution in [0.3, 0.4) is 0 Å². The highest BCUT2D eigenvalue weighted by atomic mass is 16.6. The number of benzene rings is 2. The van der Waals surface area contributed by atoms with Crippen LogP contribution in [-0.2, 0) is 9.53 Å². The monoisotopic (exact) mass is 398 g/mol. The van der Waals surface area contributed by atoms with E-state index in [1.165, 1.54) is 7.11 Å². The minimum Gasteiger partial charge on any atom is -0.493 e. The molecule has 0 radical (unpaired) electrons. The quantitative estimate of drug-likeness (QED) is 0.551. The van der Waals surface area contributed by atoms with Crippen molar-refractivity contribution >= 4 is 16.9 Å². The molecule has 0 spiro atoms. The van der Waals surface area contributed by atoms with E-state index in [2.05, 4.69) is 0 Å². The number of carbonyl (C=O) groups excluding carboxylic acids is 1. The third kappa shape index (κ3) is 4.34. The van der Waals surface area contributed by atoms with Gasteiger partial charge in [0.2, 0.25) is 11.2 Å². The van der Waals surface area contributed by atoms with Crippen molar-refractivity contribution < 1.29 is 28.2 Å². The van der Waals surface area contributed by atoms with E-state index >= 15 is 0 Å². The number of carbonyl (C=O) groups is 1. The highest BCUT2D eigenvalue weighted by Gasteiger charge is 2.19. The zero-order valence-electron chi connectivity index (χ0n) is 16.7. The Morgan fingerprint density at radius 1 is 1.14 bits per heavy atom. The van der Waals surface area contributed by atoms with Crippen molar-refractivity contribution in [3.8, 4) is 23.0 Å². The minimum absolute atomic E-state index is 0.0792. The van der Waals surface area contributed by atoms with Crippen LogP contribution in [0.4, 0.5) is 0 Å². The van der Waals surface area contributed by atoms with Crippen LogP contribution in [0.15, 0.2) is 51.7 Å². The first-order valence-electron chi connectivity index (χ1n) is 9.16. The van der Waals surface area contributed by atoms with Crippen LogP contribution in [0, 0.1) is 6.92 Å². The number of hydrogen-bond acceptors (Lipinski definition) is 7. The molecule has 0 fully saturated rings. The Labute approximate surface area is 167 Å². The van der Waals surface area contributed by atoms with E-state index in [0.717, 1.165) is 0 Å². The van der Waals surface area contributed by atoms with Crippen molar-refractivity contribution in [1.82, 2.24) is 0 Å². The van der Waals surface area contributed by atoms with E-state index in [-0.39, 0.29) is 17.8 Å². The van der Waals surface area contributed by atoms with E-state index in [4.69, 9.17) is 23.4 Å². The van der Waals surface area contributed by atoms with Gasteiger partial charge in [-0.1, -0.05) is 12.1 Å². The fourth-order valence-electron chi connectivity index (χ4n) is 2.78. The van der Waals surface area contributed by atoms with E-state index in [1.807, 2.05) is 0 Å².